The van der Waals surface area contributed by atoms with Crippen molar-refractivity contribution in [3.05, 3.63) is 47.3 Å². The lowest BCUT2D eigenvalue weighted by Gasteiger charge is -2.19. The number of rotatable bonds is 4. The Labute approximate surface area is 127 Å². The number of aromatic nitrogens is 3. The van der Waals surface area contributed by atoms with Crippen molar-refractivity contribution in [2.75, 3.05) is 0 Å². The van der Waals surface area contributed by atoms with Gasteiger partial charge >= 0.3 is 6.18 Å². The first-order valence-corrected chi connectivity index (χ1v) is 7.38. The van der Waals surface area contributed by atoms with Crippen LogP contribution in [0.3, 0.4) is 0 Å². The highest BCUT2D eigenvalue weighted by molar-refractivity contribution is 5.35. The standard InChI is InChI=1S/C16H18F3N3/c1-11(2)14-10-22(21-20-14)9-12-3-5-13(6-4-12)15(7-8-15)16(17,18)19/h3-6,10-11H,7-9H2,1-2H3. The number of hydrogen-bond acceptors (Lipinski definition) is 2. The fourth-order valence-corrected chi connectivity index (χ4v) is 2.63. The quantitative estimate of drug-likeness (QED) is 0.853. The fraction of sp³-hybridized carbons (Fsp3) is 0.500. The van der Waals surface area contributed by atoms with Crippen molar-refractivity contribution < 1.29 is 13.2 Å². The van der Waals surface area contributed by atoms with Gasteiger partial charge in [-0.3, -0.25) is 0 Å². The molecule has 1 fully saturated rings. The molecule has 3 nitrogen and oxygen atoms in total. The van der Waals surface area contributed by atoms with Crippen LogP contribution in [-0.2, 0) is 12.0 Å². The predicted molar refractivity (Wildman–Crippen MR) is 76.6 cm³/mol. The molecule has 1 saturated carbocycles. The summed E-state index contributed by atoms with van der Waals surface area (Å²) in [6.45, 7) is 4.59. The molecule has 1 aromatic heterocycles. The summed E-state index contributed by atoms with van der Waals surface area (Å²) in [5.74, 6) is 0.303. The summed E-state index contributed by atoms with van der Waals surface area (Å²) in [6, 6.07) is 6.68. The highest BCUT2D eigenvalue weighted by atomic mass is 19.4. The third kappa shape index (κ3) is 2.62. The summed E-state index contributed by atoms with van der Waals surface area (Å²) in [5, 5.41) is 8.12. The SMILES string of the molecule is CC(C)c1cn(Cc2ccc(C3(C(F)(F)F)CC3)cc2)nn1. The predicted octanol–water partition coefficient (Wildman–Crippen LogP) is 4.04. The molecule has 3 rings (SSSR count). The Bertz CT molecular complexity index is 652. The lowest BCUT2D eigenvalue weighted by molar-refractivity contribution is -0.160. The van der Waals surface area contributed by atoms with E-state index in [2.05, 4.69) is 10.3 Å². The maximum atomic E-state index is 13.1. The third-order valence-corrected chi connectivity index (χ3v) is 4.29. The maximum absolute atomic E-state index is 13.1. The number of benzene rings is 1. The molecule has 0 spiro atoms. The van der Waals surface area contributed by atoms with Gasteiger partial charge in [-0.1, -0.05) is 43.3 Å². The number of hydrogen-bond donors (Lipinski definition) is 0. The lowest BCUT2D eigenvalue weighted by atomic mass is 9.94. The van der Waals surface area contributed by atoms with Gasteiger partial charge in [0.1, 0.15) is 0 Å². The van der Waals surface area contributed by atoms with Gasteiger partial charge < -0.3 is 0 Å². The zero-order valence-electron chi connectivity index (χ0n) is 12.6. The van der Waals surface area contributed by atoms with E-state index in [0.717, 1.165) is 11.3 Å². The van der Waals surface area contributed by atoms with Crippen LogP contribution in [0.5, 0.6) is 0 Å². The minimum absolute atomic E-state index is 0.191. The van der Waals surface area contributed by atoms with Crippen molar-refractivity contribution in [3.63, 3.8) is 0 Å². The van der Waals surface area contributed by atoms with Crippen molar-refractivity contribution in [1.82, 2.24) is 15.0 Å². The largest absolute Gasteiger partial charge is 0.398 e. The van der Waals surface area contributed by atoms with E-state index in [1.54, 1.807) is 28.9 Å². The highest BCUT2D eigenvalue weighted by Crippen LogP contribution is 2.58. The molecule has 2 aromatic rings. The van der Waals surface area contributed by atoms with Crippen molar-refractivity contribution in [3.8, 4) is 0 Å². The summed E-state index contributed by atoms with van der Waals surface area (Å²) in [6.07, 6.45) is -1.91. The van der Waals surface area contributed by atoms with Crippen LogP contribution in [0.4, 0.5) is 13.2 Å². The van der Waals surface area contributed by atoms with Gasteiger partial charge in [-0.15, -0.1) is 5.10 Å². The van der Waals surface area contributed by atoms with Crippen LogP contribution >= 0.6 is 0 Å². The molecule has 0 saturated heterocycles. The summed E-state index contributed by atoms with van der Waals surface area (Å²) < 4.78 is 41.0. The Morgan fingerprint density at radius 3 is 2.27 bits per heavy atom. The normalized spacial score (nSPS) is 17.0. The molecule has 0 N–H and O–H groups in total. The van der Waals surface area contributed by atoms with E-state index in [-0.39, 0.29) is 12.8 Å². The Balaban J connectivity index is 1.75. The molecule has 1 aliphatic carbocycles. The molecule has 0 bridgehead atoms. The maximum Gasteiger partial charge on any atom is 0.398 e. The Hall–Kier alpha value is -1.85. The van der Waals surface area contributed by atoms with Crippen LogP contribution in [0.25, 0.3) is 0 Å². The molecule has 0 aliphatic heterocycles. The van der Waals surface area contributed by atoms with Gasteiger partial charge in [-0.05, 0) is 29.9 Å². The first-order valence-electron chi connectivity index (χ1n) is 7.38. The van der Waals surface area contributed by atoms with E-state index < -0.39 is 11.6 Å². The van der Waals surface area contributed by atoms with E-state index in [1.165, 1.54) is 0 Å². The second-order valence-corrected chi connectivity index (χ2v) is 6.27. The smallest absolute Gasteiger partial charge is 0.248 e. The van der Waals surface area contributed by atoms with Gasteiger partial charge in [0.05, 0.1) is 17.7 Å². The van der Waals surface area contributed by atoms with E-state index in [1.807, 2.05) is 20.0 Å². The molecular weight excluding hydrogens is 291 g/mol. The van der Waals surface area contributed by atoms with Crippen LogP contribution in [0.1, 0.15) is 49.4 Å². The molecule has 0 amide bonds. The van der Waals surface area contributed by atoms with Crippen LogP contribution in [0, 0.1) is 0 Å². The van der Waals surface area contributed by atoms with Gasteiger partial charge in [0.15, 0.2) is 0 Å². The molecule has 0 unspecified atom stereocenters. The fourth-order valence-electron chi connectivity index (χ4n) is 2.63. The van der Waals surface area contributed by atoms with E-state index in [0.29, 0.717) is 18.0 Å². The van der Waals surface area contributed by atoms with Crippen molar-refractivity contribution in [2.45, 2.75) is 50.7 Å². The van der Waals surface area contributed by atoms with Gasteiger partial charge in [-0.2, -0.15) is 13.2 Å². The average molecular weight is 309 g/mol. The molecule has 1 aliphatic rings. The second kappa shape index (κ2) is 5.11. The van der Waals surface area contributed by atoms with Crippen LogP contribution in [0.2, 0.25) is 0 Å². The Morgan fingerprint density at radius 2 is 1.82 bits per heavy atom. The summed E-state index contributed by atoms with van der Waals surface area (Å²) in [7, 11) is 0. The zero-order valence-corrected chi connectivity index (χ0v) is 12.6. The molecule has 0 atom stereocenters. The first-order chi connectivity index (χ1) is 10.3. The second-order valence-electron chi connectivity index (χ2n) is 6.27. The highest BCUT2D eigenvalue weighted by Gasteiger charge is 2.64. The average Bonchev–Trinajstić information content (AvgIpc) is 3.14. The molecule has 0 radical (unpaired) electrons. The third-order valence-electron chi connectivity index (χ3n) is 4.29. The molecule has 22 heavy (non-hydrogen) atoms. The number of halogens is 3. The zero-order chi connectivity index (χ0) is 16.0. The van der Waals surface area contributed by atoms with Gasteiger partial charge in [-0.25, -0.2) is 4.68 Å². The Morgan fingerprint density at radius 1 is 1.18 bits per heavy atom. The van der Waals surface area contributed by atoms with Gasteiger partial charge in [0.25, 0.3) is 0 Å². The molecule has 1 aromatic carbocycles. The minimum Gasteiger partial charge on any atom is -0.248 e. The molecule has 6 heteroatoms. The van der Waals surface area contributed by atoms with Crippen molar-refractivity contribution in [2.24, 2.45) is 0 Å². The van der Waals surface area contributed by atoms with Crippen molar-refractivity contribution in [1.29, 1.82) is 0 Å². The molecule has 1 heterocycles. The van der Waals surface area contributed by atoms with Crippen LogP contribution < -0.4 is 0 Å². The molecule has 118 valence electrons. The number of alkyl halides is 3. The van der Waals surface area contributed by atoms with Crippen LogP contribution in [0.15, 0.2) is 30.5 Å². The topological polar surface area (TPSA) is 30.7 Å². The van der Waals surface area contributed by atoms with E-state index in [4.69, 9.17) is 0 Å². The van der Waals surface area contributed by atoms with Gasteiger partial charge in [0, 0.05) is 6.20 Å². The van der Waals surface area contributed by atoms with Gasteiger partial charge in [0.2, 0.25) is 0 Å². The van der Waals surface area contributed by atoms with E-state index in [9.17, 15) is 13.2 Å². The Kier molecular flexibility index (Phi) is 3.50. The summed E-state index contributed by atoms with van der Waals surface area (Å²) in [4.78, 5) is 0. The van der Waals surface area contributed by atoms with Crippen molar-refractivity contribution >= 4 is 0 Å². The summed E-state index contributed by atoms with van der Waals surface area (Å²) >= 11 is 0. The van der Waals surface area contributed by atoms with E-state index >= 15 is 0 Å². The lowest BCUT2D eigenvalue weighted by Crippen LogP contribution is -2.28. The number of nitrogens with zero attached hydrogens (tertiary/aromatic N) is 3. The first kappa shape index (κ1) is 15.1. The monoisotopic (exact) mass is 309 g/mol. The summed E-state index contributed by atoms with van der Waals surface area (Å²) in [5.41, 5.74) is 0.585. The van der Waals surface area contributed by atoms with Crippen LogP contribution in [-0.4, -0.2) is 21.2 Å². The minimum atomic E-state index is -4.16. The molecular formula is C16H18F3N3.